The second-order valence-corrected chi connectivity index (χ2v) is 4.75. The summed E-state index contributed by atoms with van der Waals surface area (Å²) in [5.74, 6) is 0.688. The molecule has 0 amide bonds. The monoisotopic (exact) mass is 267 g/mol. The van der Waals surface area contributed by atoms with Crippen LogP contribution in [0.3, 0.4) is 0 Å². The molecule has 3 N–H and O–H groups in total. The van der Waals surface area contributed by atoms with Gasteiger partial charge in [-0.2, -0.15) is 0 Å². The van der Waals surface area contributed by atoms with Crippen LogP contribution in [0.2, 0.25) is 0 Å². The molecule has 2 rings (SSSR count). The Morgan fingerprint density at radius 1 is 1.72 bits per heavy atom. The second kappa shape index (κ2) is 5.60. The number of aromatic nitrogens is 1. The summed E-state index contributed by atoms with van der Waals surface area (Å²) in [7, 11) is 1.70. The molecule has 0 saturated carbocycles. The van der Waals surface area contributed by atoms with E-state index in [4.69, 9.17) is 27.4 Å². The Morgan fingerprint density at radius 3 is 3.17 bits per heavy atom. The number of pyridine rings is 1. The van der Waals surface area contributed by atoms with Crippen LogP contribution in [-0.2, 0) is 9.47 Å². The molecule has 0 radical (unpaired) electrons. The minimum atomic E-state index is -0.287. The summed E-state index contributed by atoms with van der Waals surface area (Å²) >= 11 is 5.00. The molecule has 1 aromatic heterocycles. The van der Waals surface area contributed by atoms with Gasteiger partial charge in [-0.05, 0) is 12.1 Å². The number of anilines is 1. The van der Waals surface area contributed by atoms with Crippen LogP contribution >= 0.6 is 12.2 Å². The van der Waals surface area contributed by atoms with Gasteiger partial charge >= 0.3 is 0 Å². The average Bonchev–Trinajstić information content (AvgIpc) is 2.86. The highest BCUT2D eigenvalue weighted by atomic mass is 32.1. The molecule has 1 aliphatic rings. The molecule has 1 unspecified atom stereocenters. The Hall–Kier alpha value is -1.24. The van der Waals surface area contributed by atoms with Gasteiger partial charge in [0.05, 0.1) is 12.2 Å². The molecule has 1 atom stereocenters. The number of hydrogen-bond donors (Lipinski definition) is 2. The molecule has 2 heterocycles. The largest absolute Gasteiger partial charge is 0.389 e. The van der Waals surface area contributed by atoms with Crippen molar-refractivity contribution < 1.29 is 9.47 Å². The Morgan fingerprint density at radius 2 is 2.56 bits per heavy atom. The predicted octanol–water partition coefficient (Wildman–Crippen LogP) is 0.933. The van der Waals surface area contributed by atoms with Gasteiger partial charge in [-0.3, -0.25) is 0 Å². The van der Waals surface area contributed by atoms with E-state index in [2.05, 4.69) is 10.3 Å². The third-order valence-electron chi connectivity index (χ3n) is 3.15. The summed E-state index contributed by atoms with van der Waals surface area (Å²) in [6, 6.07) is 3.66. The molecule has 0 bridgehead atoms. The number of hydrogen-bond acceptors (Lipinski definition) is 5. The van der Waals surface area contributed by atoms with Crippen LogP contribution in [0.4, 0.5) is 5.82 Å². The van der Waals surface area contributed by atoms with Gasteiger partial charge in [0.15, 0.2) is 0 Å². The normalized spacial score (nSPS) is 22.9. The lowest BCUT2D eigenvalue weighted by molar-refractivity contribution is -0.00625. The van der Waals surface area contributed by atoms with E-state index >= 15 is 0 Å². The molecule has 18 heavy (non-hydrogen) atoms. The Labute approximate surface area is 112 Å². The van der Waals surface area contributed by atoms with Crippen LogP contribution in [0.5, 0.6) is 0 Å². The van der Waals surface area contributed by atoms with Gasteiger partial charge in [-0.1, -0.05) is 12.2 Å². The number of nitrogens with two attached hydrogens (primary N) is 1. The molecular weight excluding hydrogens is 250 g/mol. The minimum Gasteiger partial charge on any atom is -0.389 e. The minimum absolute atomic E-state index is 0.287. The molecule has 1 fully saturated rings. The molecule has 0 aliphatic carbocycles. The summed E-state index contributed by atoms with van der Waals surface area (Å²) in [4.78, 5) is 4.58. The van der Waals surface area contributed by atoms with Crippen molar-refractivity contribution in [3.05, 3.63) is 23.9 Å². The second-order valence-electron chi connectivity index (χ2n) is 4.31. The van der Waals surface area contributed by atoms with Crippen molar-refractivity contribution in [2.75, 3.05) is 32.2 Å². The van der Waals surface area contributed by atoms with Crippen LogP contribution in [0.25, 0.3) is 0 Å². The maximum Gasteiger partial charge on any atom is 0.136 e. The first kappa shape index (κ1) is 13.2. The Balaban J connectivity index is 2.08. The highest BCUT2D eigenvalue weighted by Gasteiger charge is 2.34. The zero-order chi connectivity index (χ0) is 13.0. The van der Waals surface area contributed by atoms with E-state index in [0.29, 0.717) is 24.0 Å². The van der Waals surface area contributed by atoms with Crippen molar-refractivity contribution >= 4 is 23.0 Å². The van der Waals surface area contributed by atoms with E-state index < -0.39 is 0 Å². The third kappa shape index (κ3) is 2.77. The number of methoxy groups -OCH3 is 1. The number of ether oxygens (including phenoxy) is 2. The lowest BCUT2D eigenvalue weighted by atomic mass is 10.0. The number of rotatable bonds is 5. The van der Waals surface area contributed by atoms with Gasteiger partial charge in [0.2, 0.25) is 0 Å². The molecule has 0 aromatic carbocycles. The van der Waals surface area contributed by atoms with Crippen molar-refractivity contribution in [3.63, 3.8) is 0 Å². The van der Waals surface area contributed by atoms with Crippen LogP contribution in [0.15, 0.2) is 18.3 Å². The van der Waals surface area contributed by atoms with Gasteiger partial charge in [-0.15, -0.1) is 0 Å². The highest BCUT2D eigenvalue weighted by molar-refractivity contribution is 7.80. The zero-order valence-electron chi connectivity index (χ0n) is 10.3. The summed E-state index contributed by atoms with van der Waals surface area (Å²) in [5, 5.41) is 3.24. The van der Waals surface area contributed by atoms with Gasteiger partial charge in [0.1, 0.15) is 16.4 Å². The fourth-order valence-corrected chi connectivity index (χ4v) is 2.12. The number of nitrogens with one attached hydrogen (secondary N) is 1. The molecule has 5 nitrogen and oxygen atoms in total. The van der Waals surface area contributed by atoms with Crippen LogP contribution in [0, 0.1) is 0 Å². The van der Waals surface area contributed by atoms with E-state index in [1.54, 1.807) is 13.3 Å². The van der Waals surface area contributed by atoms with E-state index in [1.165, 1.54) is 0 Å². The van der Waals surface area contributed by atoms with E-state index in [0.717, 1.165) is 18.6 Å². The maximum atomic E-state index is 5.66. The molecule has 6 heteroatoms. The average molecular weight is 267 g/mol. The van der Waals surface area contributed by atoms with Crippen LogP contribution in [-0.4, -0.2) is 42.4 Å². The first-order valence-corrected chi connectivity index (χ1v) is 6.19. The van der Waals surface area contributed by atoms with E-state index in [1.807, 2.05) is 12.1 Å². The fourth-order valence-electron chi connectivity index (χ4n) is 1.95. The van der Waals surface area contributed by atoms with Gasteiger partial charge in [0, 0.05) is 32.9 Å². The van der Waals surface area contributed by atoms with Crippen molar-refractivity contribution in [3.8, 4) is 0 Å². The van der Waals surface area contributed by atoms with Crippen molar-refractivity contribution in [1.82, 2.24) is 4.98 Å². The molecule has 1 aliphatic heterocycles. The molecule has 1 saturated heterocycles. The molecule has 0 spiro atoms. The lowest BCUT2D eigenvalue weighted by Gasteiger charge is -2.26. The topological polar surface area (TPSA) is 69.4 Å². The van der Waals surface area contributed by atoms with Crippen LogP contribution < -0.4 is 11.1 Å². The first-order chi connectivity index (χ1) is 8.67. The third-order valence-corrected chi connectivity index (χ3v) is 3.37. The molecule has 1 aromatic rings. The summed E-state index contributed by atoms with van der Waals surface area (Å²) in [6.45, 7) is 1.93. The summed E-state index contributed by atoms with van der Waals surface area (Å²) in [5.41, 5.74) is 6.12. The maximum absolute atomic E-state index is 5.66. The highest BCUT2D eigenvalue weighted by Crippen LogP contribution is 2.23. The Kier molecular flexibility index (Phi) is 4.11. The zero-order valence-corrected chi connectivity index (χ0v) is 11.1. The van der Waals surface area contributed by atoms with Gasteiger partial charge in [0.25, 0.3) is 0 Å². The smallest absolute Gasteiger partial charge is 0.136 e. The number of thiocarbonyl (C=S) groups is 1. The van der Waals surface area contributed by atoms with Gasteiger partial charge < -0.3 is 20.5 Å². The molecule has 98 valence electrons. The van der Waals surface area contributed by atoms with Crippen LogP contribution in [0.1, 0.15) is 12.0 Å². The van der Waals surface area contributed by atoms with Crippen molar-refractivity contribution in [1.29, 1.82) is 0 Å². The van der Waals surface area contributed by atoms with Gasteiger partial charge in [-0.25, -0.2) is 4.98 Å². The van der Waals surface area contributed by atoms with E-state index in [9.17, 15) is 0 Å². The lowest BCUT2D eigenvalue weighted by Crippen LogP contribution is -2.40. The fraction of sp³-hybridized carbons (Fsp3) is 0.500. The predicted molar refractivity (Wildman–Crippen MR) is 73.8 cm³/mol. The number of nitrogens with zero attached hydrogens (tertiary/aromatic N) is 1. The summed E-state index contributed by atoms with van der Waals surface area (Å²) < 4.78 is 10.9. The quantitative estimate of drug-likeness (QED) is 0.774. The standard InChI is InChI=1S/C12H17N3O2S/c1-16-12(4-6-17-8-12)7-15-11-9(10(13)18)3-2-5-14-11/h2-3,5H,4,6-8H2,1H3,(H2,13,18)(H,14,15). The Bertz CT molecular complexity index is 433. The summed E-state index contributed by atoms with van der Waals surface area (Å²) in [6.07, 6.45) is 2.57. The molecular formula is C12H17N3O2S. The first-order valence-electron chi connectivity index (χ1n) is 5.78. The SMILES string of the molecule is COC1(CNc2ncccc2C(N)=S)CCOC1. The van der Waals surface area contributed by atoms with E-state index in [-0.39, 0.29) is 5.60 Å². The van der Waals surface area contributed by atoms with Crippen molar-refractivity contribution in [2.24, 2.45) is 5.73 Å². The van der Waals surface area contributed by atoms with Crippen molar-refractivity contribution in [2.45, 2.75) is 12.0 Å².